The summed E-state index contributed by atoms with van der Waals surface area (Å²) < 4.78 is 6.06. The van der Waals surface area contributed by atoms with Gasteiger partial charge in [0.2, 0.25) is 0 Å². The predicted molar refractivity (Wildman–Crippen MR) is 79.8 cm³/mol. The minimum absolute atomic E-state index is 0.304. The molecule has 0 amide bonds. The topological polar surface area (TPSA) is 22.1 Å². The molecule has 1 aliphatic carbocycles. The Kier molecular flexibility index (Phi) is 4.39. The third-order valence-electron chi connectivity index (χ3n) is 4.22. The Morgan fingerprint density at radius 3 is 2.42 bits per heavy atom. The van der Waals surface area contributed by atoms with Crippen LogP contribution in [0.4, 0.5) is 0 Å². The van der Waals surface area contributed by atoms with Crippen molar-refractivity contribution in [2.24, 2.45) is 11.3 Å². The molecule has 0 atom stereocenters. The Morgan fingerprint density at radius 2 is 1.84 bits per heavy atom. The largest absolute Gasteiger partial charge is 0.489 e. The lowest BCUT2D eigenvalue weighted by molar-refractivity contribution is 0.0882. The van der Waals surface area contributed by atoms with Crippen LogP contribution in [-0.4, -0.2) is 11.1 Å². The van der Waals surface area contributed by atoms with Crippen LogP contribution in [0.25, 0.3) is 0 Å². The predicted octanol–water partition coefficient (Wildman–Crippen LogP) is 5.03. The smallest absolute Gasteiger partial charge is 0.141 e. The lowest BCUT2D eigenvalue weighted by Crippen LogP contribution is -2.30. The average Bonchev–Trinajstić information content (AvgIpc) is 2.35. The van der Waals surface area contributed by atoms with Crippen LogP contribution in [0.2, 0.25) is 5.02 Å². The van der Waals surface area contributed by atoms with Crippen molar-refractivity contribution in [3.63, 3.8) is 0 Å². The van der Waals surface area contributed by atoms with E-state index in [1.165, 1.54) is 12.8 Å². The van der Waals surface area contributed by atoms with Gasteiger partial charge in [-0.15, -0.1) is 0 Å². The van der Waals surface area contributed by atoms with Gasteiger partial charge in [-0.1, -0.05) is 32.4 Å². The Balaban J connectivity index is 1.94. The molecule has 0 spiro atoms. The maximum atomic E-state index is 6.23. The number of hydrogen-bond acceptors (Lipinski definition) is 2. The second-order valence-electron chi connectivity index (χ2n) is 6.67. The van der Waals surface area contributed by atoms with Crippen molar-refractivity contribution in [1.29, 1.82) is 0 Å². The van der Waals surface area contributed by atoms with Crippen molar-refractivity contribution < 1.29 is 4.74 Å². The van der Waals surface area contributed by atoms with Crippen LogP contribution in [0.15, 0.2) is 12.3 Å². The monoisotopic (exact) mass is 281 g/mol. The number of pyridine rings is 1. The van der Waals surface area contributed by atoms with Gasteiger partial charge in [0.1, 0.15) is 10.8 Å². The van der Waals surface area contributed by atoms with Gasteiger partial charge in [-0.2, -0.15) is 0 Å². The second kappa shape index (κ2) is 5.70. The molecule has 1 fully saturated rings. The van der Waals surface area contributed by atoms with E-state index in [1.54, 1.807) is 6.20 Å². The molecule has 0 aliphatic heterocycles. The van der Waals surface area contributed by atoms with Crippen LogP contribution < -0.4 is 4.74 Å². The fourth-order valence-corrected chi connectivity index (χ4v) is 3.00. The van der Waals surface area contributed by atoms with Crippen LogP contribution in [0.3, 0.4) is 0 Å². The molecule has 2 nitrogen and oxygen atoms in total. The highest BCUT2D eigenvalue weighted by Crippen LogP contribution is 2.39. The highest BCUT2D eigenvalue weighted by atomic mass is 35.5. The first-order valence-electron chi connectivity index (χ1n) is 7.15. The minimum atomic E-state index is 0.304. The Hall–Kier alpha value is -0.760. The molecule has 0 unspecified atom stereocenters. The van der Waals surface area contributed by atoms with Crippen LogP contribution in [0, 0.1) is 18.3 Å². The molecule has 0 aromatic carbocycles. The van der Waals surface area contributed by atoms with Crippen molar-refractivity contribution in [2.75, 3.05) is 0 Å². The fraction of sp³-hybridized carbons (Fsp3) is 0.688. The first-order chi connectivity index (χ1) is 8.88. The molecule has 106 valence electrons. The van der Waals surface area contributed by atoms with E-state index in [9.17, 15) is 0 Å². The number of aryl methyl sites for hydroxylation is 1. The summed E-state index contributed by atoms with van der Waals surface area (Å²) >= 11 is 6.23. The molecule has 19 heavy (non-hydrogen) atoms. The van der Waals surface area contributed by atoms with E-state index < -0.39 is 0 Å². The summed E-state index contributed by atoms with van der Waals surface area (Å²) in [5, 5.41) is 0.653. The zero-order valence-corrected chi connectivity index (χ0v) is 13.1. The molecule has 1 aliphatic rings. The molecule has 1 aromatic heterocycles. The summed E-state index contributed by atoms with van der Waals surface area (Å²) in [6, 6.07) is 1.87. The lowest BCUT2D eigenvalue weighted by Gasteiger charge is -2.37. The average molecular weight is 282 g/mol. The van der Waals surface area contributed by atoms with Gasteiger partial charge in [0.25, 0.3) is 0 Å². The highest BCUT2D eigenvalue weighted by molar-refractivity contribution is 6.32. The molecule has 1 saturated carbocycles. The maximum Gasteiger partial charge on any atom is 0.141 e. The number of nitrogens with zero attached hydrogens (tertiary/aromatic N) is 1. The first kappa shape index (κ1) is 14.6. The summed E-state index contributed by atoms with van der Waals surface area (Å²) in [5.74, 6) is 1.59. The minimum Gasteiger partial charge on any atom is -0.489 e. The second-order valence-corrected chi connectivity index (χ2v) is 7.04. The van der Waals surface area contributed by atoms with Crippen LogP contribution in [-0.2, 0) is 0 Å². The van der Waals surface area contributed by atoms with Gasteiger partial charge < -0.3 is 4.74 Å². The van der Waals surface area contributed by atoms with Crippen molar-refractivity contribution in [3.05, 3.63) is 23.0 Å². The zero-order valence-electron chi connectivity index (χ0n) is 12.4. The molecular weight excluding hydrogens is 258 g/mol. The van der Waals surface area contributed by atoms with E-state index in [2.05, 4.69) is 25.8 Å². The standard InChI is InChI=1S/C16H24ClNO/c1-11-15(17)14(9-10-18-11)19-13-7-5-12(6-8-13)16(2,3)4/h9-10,12-13H,5-8H2,1-4H3/t12-,13+. The summed E-state index contributed by atoms with van der Waals surface area (Å²) in [7, 11) is 0. The van der Waals surface area contributed by atoms with Crippen LogP contribution >= 0.6 is 11.6 Å². The zero-order chi connectivity index (χ0) is 14.0. The van der Waals surface area contributed by atoms with E-state index in [4.69, 9.17) is 16.3 Å². The normalized spacial score (nSPS) is 24.3. The Labute approximate surface area is 121 Å². The van der Waals surface area contributed by atoms with E-state index in [0.717, 1.165) is 30.2 Å². The molecule has 2 rings (SSSR count). The number of hydrogen-bond donors (Lipinski definition) is 0. The van der Waals surface area contributed by atoms with Gasteiger partial charge in [-0.05, 0) is 43.9 Å². The summed E-state index contributed by atoms with van der Waals surface area (Å²) in [4.78, 5) is 4.16. The van der Waals surface area contributed by atoms with Gasteiger partial charge in [0.05, 0.1) is 11.8 Å². The molecule has 0 radical (unpaired) electrons. The number of aromatic nitrogens is 1. The Bertz CT molecular complexity index is 431. The summed E-state index contributed by atoms with van der Waals surface area (Å²) in [6.07, 6.45) is 6.81. The van der Waals surface area contributed by atoms with Gasteiger partial charge in [0, 0.05) is 12.3 Å². The van der Waals surface area contributed by atoms with E-state index in [-0.39, 0.29) is 0 Å². The molecule has 3 heteroatoms. The summed E-state index contributed by atoms with van der Waals surface area (Å²) in [5.41, 5.74) is 1.25. The number of halogens is 1. The molecule has 0 N–H and O–H groups in total. The first-order valence-corrected chi connectivity index (χ1v) is 7.53. The van der Waals surface area contributed by atoms with E-state index >= 15 is 0 Å². The SMILES string of the molecule is Cc1nccc(O[C@H]2CC[C@@H](C(C)(C)C)CC2)c1Cl. The van der Waals surface area contributed by atoms with E-state index in [1.807, 2.05) is 13.0 Å². The van der Waals surface area contributed by atoms with E-state index in [0.29, 0.717) is 16.5 Å². The Morgan fingerprint density at radius 1 is 1.21 bits per heavy atom. The molecule has 1 aromatic rings. The molecular formula is C16H24ClNO. The van der Waals surface area contributed by atoms with Crippen molar-refractivity contribution in [3.8, 4) is 5.75 Å². The van der Waals surface area contributed by atoms with Gasteiger partial charge in [-0.3, -0.25) is 4.98 Å². The fourth-order valence-electron chi connectivity index (χ4n) is 2.84. The maximum absolute atomic E-state index is 6.23. The van der Waals surface area contributed by atoms with Crippen molar-refractivity contribution >= 4 is 11.6 Å². The van der Waals surface area contributed by atoms with Gasteiger partial charge >= 0.3 is 0 Å². The third-order valence-corrected chi connectivity index (χ3v) is 4.68. The van der Waals surface area contributed by atoms with Crippen molar-refractivity contribution in [2.45, 2.75) is 59.5 Å². The highest BCUT2D eigenvalue weighted by Gasteiger charge is 2.30. The lowest BCUT2D eigenvalue weighted by atomic mass is 9.72. The quantitative estimate of drug-likeness (QED) is 0.759. The molecule has 0 bridgehead atoms. The van der Waals surface area contributed by atoms with Crippen LogP contribution in [0.5, 0.6) is 5.75 Å². The molecule has 0 saturated heterocycles. The van der Waals surface area contributed by atoms with Gasteiger partial charge in [-0.25, -0.2) is 0 Å². The molecule has 1 heterocycles. The van der Waals surface area contributed by atoms with Crippen LogP contribution in [0.1, 0.15) is 52.1 Å². The number of ether oxygens (including phenoxy) is 1. The number of rotatable bonds is 2. The summed E-state index contributed by atoms with van der Waals surface area (Å²) in [6.45, 7) is 8.91. The van der Waals surface area contributed by atoms with Crippen molar-refractivity contribution in [1.82, 2.24) is 4.98 Å². The van der Waals surface area contributed by atoms with Gasteiger partial charge in [0.15, 0.2) is 0 Å². The third kappa shape index (κ3) is 3.62.